The van der Waals surface area contributed by atoms with E-state index in [1.807, 2.05) is 0 Å². The van der Waals surface area contributed by atoms with Gasteiger partial charge >= 0.3 is 6.18 Å². The highest BCUT2D eigenvalue weighted by Crippen LogP contribution is 2.30. The van der Waals surface area contributed by atoms with Gasteiger partial charge in [0.25, 0.3) is 5.91 Å². The zero-order valence-electron chi connectivity index (χ0n) is 12.0. The highest BCUT2D eigenvalue weighted by Gasteiger charge is 2.30. The van der Waals surface area contributed by atoms with E-state index >= 15 is 0 Å². The number of hydrogen-bond donors (Lipinski definition) is 1. The third-order valence-corrected chi connectivity index (χ3v) is 3.23. The summed E-state index contributed by atoms with van der Waals surface area (Å²) in [5.41, 5.74) is -0.231. The van der Waals surface area contributed by atoms with Crippen LogP contribution in [0.1, 0.15) is 12.5 Å². The summed E-state index contributed by atoms with van der Waals surface area (Å²) in [7, 11) is 0. The number of anilines is 1. The summed E-state index contributed by atoms with van der Waals surface area (Å²) in [4.78, 5) is 12.0. The normalized spacial score (nSPS) is 12.6. The lowest BCUT2D eigenvalue weighted by atomic mass is 10.2. The maximum Gasteiger partial charge on any atom is 0.416 e. The zero-order chi connectivity index (χ0) is 17.0. The van der Waals surface area contributed by atoms with Gasteiger partial charge in [0.1, 0.15) is 5.75 Å². The lowest BCUT2D eigenvalue weighted by Gasteiger charge is -2.15. The Labute approximate surface area is 136 Å². The predicted octanol–water partition coefficient (Wildman–Crippen LogP) is 4.76. The number of nitrogens with one attached hydrogen (secondary N) is 1. The van der Waals surface area contributed by atoms with Crippen LogP contribution in [0.2, 0.25) is 5.02 Å². The van der Waals surface area contributed by atoms with E-state index in [0.717, 1.165) is 12.1 Å². The largest absolute Gasteiger partial charge is 0.481 e. The van der Waals surface area contributed by atoms with Crippen LogP contribution < -0.4 is 10.1 Å². The number of amides is 1. The van der Waals surface area contributed by atoms with Crippen LogP contribution in [-0.2, 0) is 11.0 Å². The first-order valence-electron chi connectivity index (χ1n) is 6.66. The minimum Gasteiger partial charge on any atom is -0.481 e. The molecule has 0 fully saturated rings. The Morgan fingerprint density at radius 3 is 2.17 bits per heavy atom. The van der Waals surface area contributed by atoms with Crippen LogP contribution in [0.15, 0.2) is 48.5 Å². The van der Waals surface area contributed by atoms with Crippen molar-refractivity contribution in [3.8, 4) is 5.75 Å². The summed E-state index contributed by atoms with van der Waals surface area (Å²) in [6, 6.07) is 10.7. The van der Waals surface area contributed by atoms with Crippen molar-refractivity contribution in [2.24, 2.45) is 0 Å². The Kier molecular flexibility index (Phi) is 5.15. The summed E-state index contributed by atoms with van der Waals surface area (Å²) in [6.07, 6.45) is -5.28. The van der Waals surface area contributed by atoms with Crippen molar-refractivity contribution in [3.05, 3.63) is 59.1 Å². The summed E-state index contributed by atoms with van der Waals surface area (Å²) < 4.78 is 42.7. The number of alkyl halides is 3. The molecule has 3 nitrogen and oxygen atoms in total. The van der Waals surface area contributed by atoms with Crippen molar-refractivity contribution in [2.75, 3.05) is 5.32 Å². The van der Waals surface area contributed by atoms with Crippen molar-refractivity contribution in [1.29, 1.82) is 0 Å². The van der Waals surface area contributed by atoms with E-state index in [2.05, 4.69) is 5.32 Å². The van der Waals surface area contributed by atoms with Crippen molar-refractivity contribution in [2.45, 2.75) is 19.2 Å². The molecule has 2 aromatic rings. The first-order valence-corrected chi connectivity index (χ1v) is 7.04. The number of hydrogen-bond acceptors (Lipinski definition) is 2. The molecule has 0 saturated carbocycles. The maximum absolute atomic E-state index is 12.5. The fraction of sp³-hybridized carbons (Fsp3) is 0.188. The maximum atomic E-state index is 12.5. The number of rotatable bonds is 4. The minimum absolute atomic E-state index is 0.178. The van der Waals surface area contributed by atoms with Crippen LogP contribution in [0.3, 0.4) is 0 Å². The monoisotopic (exact) mass is 343 g/mol. The van der Waals surface area contributed by atoms with Gasteiger partial charge in [0.05, 0.1) is 5.56 Å². The van der Waals surface area contributed by atoms with Gasteiger partial charge in [-0.3, -0.25) is 4.79 Å². The smallest absolute Gasteiger partial charge is 0.416 e. The topological polar surface area (TPSA) is 38.3 Å². The lowest BCUT2D eigenvalue weighted by Crippen LogP contribution is -2.30. The van der Waals surface area contributed by atoms with Crippen LogP contribution in [0.25, 0.3) is 0 Å². The van der Waals surface area contributed by atoms with Crippen LogP contribution in [0, 0.1) is 0 Å². The van der Waals surface area contributed by atoms with Gasteiger partial charge < -0.3 is 10.1 Å². The highest BCUT2D eigenvalue weighted by molar-refractivity contribution is 6.30. The molecular weight excluding hydrogens is 331 g/mol. The molecule has 0 spiro atoms. The molecule has 0 bridgehead atoms. The average molecular weight is 344 g/mol. The lowest BCUT2D eigenvalue weighted by molar-refractivity contribution is -0.137. The van der Waals surface area contributed by atoms with Gasteiger partial charge in [-0.2, -0.15) is 13.2 Å². The van der Waals surface area contributed by atoms with Gasteiger partial charge in [0.15, 0.2) is 6.10 Å². The van der Waals surface area contributed by atoms with E-state index in [1.165, 1.54) is 19.1 Å². The van der Waals surface area contributed by atoms with Crippen LogP contribution in [-0.4, -0.2) is 12.0 Å². The quantitative estimate of drug-likeness (QED) is 0.868. The van der Waals surface area contributed by atoms with Gasteiger partial charge in [-0.25, -0.2) is 0 Å². The molecule has 1 N–H and O–H groups in total. The van der Waals surface area contributed by atoms with Crippen LogP contribution in [0.4, 0.5) is 18.9 Å². The Balaban J connectivity index is 1.96. The van der Waals surface area contributed by atoms with E-state index in [9.17, 15) is 18.0 Å². The van der Waals surface area contributed by atoms with E-state index in [-0.39, 0.29) is 5.75 Å². The molecule has 0 heterocycles. The number of benzene rings is 2. The third kappa shape index (κ3) is 4.89. The van der Waals surface area contributed by atoms with Crippen molar-refractivity contribution < 1.29 is 22.7 Å². The summed E-state index contributed by atoms with van der Waals surface area (Å²) in [5.74, 6) is -0.246. The SMILES string of the molecule is C[C@H](Oc1ccc(C(F)(F)F)cc1)C(=O)Nc1ccc(Cl)cc1. The van der Waals surface area contributed by atoms with Gasteiger partial charge in [-0.05, 0) is 55.5 Å². The number of carbonyl (C=O) groups is 1. The molecule has 7 heteroatoms. The van der Waals surface area contributed by atoms with Crippen LogP contribution >= 0.6 is 11.6 Å². The number of carbonyl (C=O) groups excluding carboxylic acids is 1. The fourth-order valence-electron chi connectivity index (χ4n) is 1.76. The van der Waals surface area contributed by atoms with Crippen molar-refractivity contribution in [1.82, 2.24) is 0 Å². The van der Waals surface area contributed by atoms with E-state index in [1.54, 1.807) is 24.3 Å². The second-order valence-corrected chi connectivity index (χ2v) is 5.21. The Bertz CT molecular complexity index is 669. The zero-order valence-corrected chi connectivity index (χ0v) is 12.8. The molecule has 2 rings (SSSR count). The molecule has 0 radical (unpaired) electrons. The minimum atomic E-state index is -4.41. The predicted molar refractivity (Wildman–Crippen MR) is 81.6 cm³/mol. The molecular formula is C16H13ClF3NO2. The van der Waals surface area contributed by atoms with Crippen molar-refractivity contribution in [3.63, 3.8) is 0 Å². The molecule has 1 atom stereocenters. The highest BCUT2D eigenvalue weighted by atomic mass is 35.5. The molecule has 0 aliphatic carbocycles. The third-order valence-electron chi connectivity index (χ3n) is 2.98. The molecule has 1 amide bonds. The molecule has 23 heavy (non-hydrogen) atoms. The molecule has 122 valence electrons. The van der Waals surface area contributed by atoms with Crippen LogP contribution in [0.5, 0.6) is 5.75 Å². The number of ether oxygens (including phenoxy) is 1. The van der Waals surface area contributed by atoms with Gasteiger partial charge in [0.2, 0.25) is 0 Å². The standard InChI is InChI=1S/C16H13ClF3NO2/c1-10(15(22)21-13-6-4-12(17)5-7-13)23-14-8-2-11(3-9-14)16(18,19)20/h2-10H,1H3,(H,21,22)/t10-/m0/s1. The second-order valence-electron chi connectivity index (χ2n) is 4.78. The summed E-state index contributed by atoms with van der Waals surface area (Å²) in [6.45, 7) is 1.50. The molecule has 0 aromatic heterocycles. The fourth-order valence-corrected chi connectivity index (χ4v) is 1.88. The molecule has 0 aliphatic heterocycles. The Hall–Kier alpha value is -2.21. The number of halogens is 4. The molecule has 2 aromatic carbocycles. The van der Waals surface area contributed by atoms with Gasteiger partial charge in [-0.15, -0.1) is 0 Å². The molecule has 0 aliphatic rings. The van der Waals surface area contributed by atoms with Gasteiger partial charge in [-0.1, -0.05) is 11.6 Å². The average Bonchev–Trinajstić information content (AvgIpc) is 2.49. The molecule has 0 saturated heterocycles. The Morgan fingerprint density at radius 2 is 1.65 bits per heavy atom. The van der Waals surface area contributed by atoms with E-state index in [0.29, 0.717) is 10.7 Å². The van der Waals surface area contributed by atoms with E-state index < -0.39 is 23.8 Å². The summed E-state index contributed by atoms with van der Waals surface area (Å²) >= 11 is 5.75. The first kappa shape index (κ1) is 17.1. The first-order chi connectivity index (χ1) is 10.8. The van der Waals surface area contributed by atoms with Gasteiger partial charge in [0, 0.05) is 10.7 Å². The summed E-state index contributed by atoms with van der Waals surface area (Å²) in [5, 5.41) is 3.16. The molecule has 0 unspecified atom stereocenters. The Morgan fingerprint density at radius 1 is 1.09 bits per heavy atom. The van der Waals surface area contributed by atoms with Crippen molar-refractivity contribution >= 4 is 23.2 Å². The second kappa shape index (κ2) is 6.91. The van der Waals surface area contributed by atoms with E-state index in [4.69, 9.17) is 16.3 Å².